The standard InChI is InChI=1S/C9H8N2.2ClH/c1-2-8-3-6-10-7-4-9(8)11-5-1;;/h1-2,4-7H,3H2;2*1H. The first kappa shape index (κ1) is 12.1. The van der Waals surface area contributed by atoms with Crippen molar-refractivity contribution in [3.05, 3.63) is 35.8 Å². The normalized spacial score (nSPS) is 12.0. The van der Waals surface area contributed by atoms with Gasteiger partial charge in [-0.15, -0.1) is 24.8 Å². The SMILES string of the molecule is C1=Cc2ncccc2CC=N1.Cl.Cl. The lowest BCUT2D eigenvalue weighted by Crippen LogP contribution is -1.90. The molecule has 4 heteroatoms. The summed E-state index contributed by atoms with van der Waals surface area (Å²) in [5, 5.41) is 0. The Morgan fingerprint density at radius 1 is 1.23 bits per heavy atom. The van der Waals surface area contributed by atoms with Crippen molar-refractivity contribution in [2.45, 2.75) is 6.42 Å². The molecule has 1 aromatic heterocycles. The van der Waals surface area contributed by atoms with E-state index in [1.54, 1.807) is 12.4 Å². The number of halogens is 2. The summed E-state index contributed by atoms with van der Waals surface area (Å²) in [6, 6.07) is 4.02. The minimum Gasteiger partial charge on any atom is -0.269 e. The second-order valence-corrected chi connectivity index (χ2v) is 2.40. The maximum atomic E-state index is 4.21. The van der Waals surface area contributed by atoms with Crippen LogP contribution in [0.25, 0.3) is 6.08 Å². The van der Waals surface area contributed by atoms with Gasteiger partial charge in [-0.3, -0.25) is 9.98 Å². The first-order valence-electron chi connectivity index (χ1n) is 3.59. The van der Waals surface area contributed by atoms with Crippen LogP contribution in [0.4, 0.5) is 0 Å². The van der Waals surface area contributed by atoms with E-state index < -0.39 is 0 Å². The molecule has 0 N–H and O–H groups in total. The third-order valence-corrected chi connectivity index (χ3v) is 1.66. The fourth-order valence-corrected chi connectivity index (χ4v) is 1.10. The van der Waals surface area contributed by atoms with Crippen LogP contribution in [-0.2, 0) is 6.42 Å². The first-order valence-corrected chi connectivity index (χ1v) is 3.59. The van der Waals surface area contributed by atoms with Crippen molar-refractivity contribution in [3.8, 4) is 0 Å². The van der Waals surface area contributed by atoms with E-state index in [4.69, 9.17) is 0 Å². The minimum atomic E-state index is 0. The lowest BCUT2D eigenvalue weighted by Gasteiger charge is -1.97. The Morgan fingerprint density at radius 2 is 2.08 bits per heavy atom. The highest BCUT2D eigenvalue weighted by atomic mass is 35.5. The second-order valence-electron chi connectivity index (χ2n) is 2.40. The Balaban J connectivity index is 0.000000720. The van der Waals surface area contributed by atoms with Crippen LogP contribution in [0.3, 0.4) is 0 Å². The van der Waals surface area contributed by atoms with Gasteiger partial charge in [-0.25, -0.2) is 0 Å². The van der Waals surface area contributed by atoms with E-state index in [1.165, 1.54) is 5.56 Å². The monoisotopic (exact) mass is 216 g/mol. The summed E-state index contributed by atoms with van der Waals surface area (Å²) in [4.78, 5) is 8.25. The second kappa shape index (κ2) is 5.73. The molecule has 0 aromatic carbocycles. The van der Waals surface area contributed by atoms with E-state index in [1.807, 2.05) is 18.4 Å². The van der Waals surface area contributed by atoms with Crippen LogP contribution in [0.1, 0.15) is 11.3 Å². The van der Waals surface area contributed by atoms with Crippen molar-refractivity contribution in [1.29, 1.82) is 0 Å². The largest absolute Gasteiger partial charge is 0.269 e. The highest BCUT2D eigenvalue weighted by molar-refractivity contribution is 5.85. The molecule has 1 aliphatic rings. The minimum absolute atomic E-state index is 0. The summed E-state index contributed by atoms with van der Waals surface area (Å²) in [6.45, 7) is 0. The van der Waals surface area contributed by atoms with Crippen LogP contribution in [-0.4, -0.2) is 11.2 Å². The molecule has 2 nitrogen and oxygen atoms in total. The molecule has 70 valence electrons. The van der Waals surface area contributed by atoms with Crippen molar-refractivity contribution in [2.24, 2.45) is 4.99 Å². The van der Waals surface area contributed by atoms with Crippen LogP contribution in [0, 0.1) is 0 Å². The van der Waals surface area contributed by atoms with Gasteiger partial charge in [0, 0.05) is 25.0 Å². The number of pyridine rings is 1. The number of aliphatic imine (C=N–C) groups is 1. The molecule has 0 amide bonds. The van der Waals surface area contributed by atoms with Crippen LogP contribution < -0.4 is 0 Å². The molecule has 1 aliphatic heterocycles. The zero-order chi connectivity index (χ0) is 7.52. The summed E-state index contributed by atoms with van der Waals surface area (Å²) in [5.41, 5.74) is 2.27. The molecule has 0 radical (unpaired) electrons. The summed E-state index contributed by atoms with van der Waals surface area (Å²) < 4.78 is 0. The van der Waals surface area contributed by atoms with Crippen LogP contribution >= 0.6 is 24.8 Å². The number of fused-ring (bicyclic) bond motifs is 1. The van der Waals surface area contributed by atoms with Gasteiger partial charge in [0.05, 0.1) is 5.69 Å². The van der Waals surface area contributed by atoms with E-state index in [0.717, 1.165) is 12.1 Å². The fraction of sp³-hybridized carbons (Fsp3) is 0.111. The molecule has 0 saturated carbocycles. The molecule has 0 unspecified atom stereocenters. The zero-order valence-electron chi connectivity index (χ0n) is 6.88. The predicted molar refractivity (Wildman–Crippen MR) is 60.0 cm³/mol. The fourth-order valence-electron chi connectivity index (χ4n) is 1.10. The van der Waals surface area contributed by atoms with Crippen LogP contribution in [0.2, 0.25) is 0 Å². The molecular formula is C9H10Cl2N2. The molecule has 13 heavy (non-hydrogen) atoms. The Bertz CT molecular complexity index is 321. The summed E-state index contributed by atoms with van der Waals surface area (Å²) >= 11 is 0. The third-order valence-electron chi connectivity index (χ3n) is 1.66. The predicted octanol–water partition coefficient (Wildman–Crippen LogP) is 2.52. The van der Waals surface area contributed by atoms with E-state index >= 15 is 0 Å². The van der Waals surface area contributed by atoms with Gasteiger partial charge in [0.2, 0.25) is 0 Å². The van der Waals surface area contributed by atoms with Gasteiger partial charge in [0.1, 0.15) is 0 Å². The molecule has 0 spiro atoms. The number of hydrogen-bond acceptors (Lipinski definition) is 2. The highest BCUT2D eigenvalue weighted by Crippen LogP contribution is 2.09. The molecule has 0 fully saturated rings. The van der Waals surface area contributed by atoms with Gasteiger partial charge >= 0.3 is 0 Å². The molecule has 0 aliphatic carbocycles. The number of hydrogen-bond donors (Lipinski definition) is 0. The van der Waals surface area contributed by atoms with Gasteiger partial charge in [-0.2, -0.15) is 0 Å². The third kappa shape index (κ3) is 2.83. The Morgan fingerprint density at radius 3 is 2.92 bits per heavy atom. The van der Waals surface area contributed by atoms with Gasteiger partial charge in [0.15, 0.2) is 0 Å². The van der Waals surface area contributed by atoms with Crippen LogP contribution in [0.5, 0.6) is 0 Å². The molecule has 1 aromatic rings. The van der Waals surface area contributed by atoms with E-state index in [2.05, 4.69) is 16.0 Å². The van der Waals surface area contributed by atoms with Crippen molar-refractivity contribution in [2.75, 3.05) is 0 Å². The summed E-state index contributed by atoms with van der Waals surface area (Å²) in [6.07, 6.45) is 8.28. The van der Waals surface area contributed by atoms with Crippen molar-refractivity contribution in [3.63, 3.8) is 0 Å². The molecule has 2 heterocycles. The highest BCUT2D eigenvalue weighted by Gasteiger charge is 1.98. The molecule has 2 rings (SSSR count). The molecule has 0 atom stereocenters. The van der Waals surface area contributed by atoms with E-state index in [-0.39, 0.29) is 24.8 Å². The molecule has 0 saturated heterocycles. The number of nitrogens with zero attached hydrogens (tertiary/aromatic N) is 2. The topological polar surface area (TPSA) is 25.2 Å². The first-order chi connectivity index (χ1) is 5.47. The lowest BCUT2D eigenvalue weighted by atomic mass is 10.1. The van der Waals surface area contributed by atoms with Crippen molar-refractivity contribution < 1.29 is 0 Å². The zero-order valence-corrected chi connectivity index (χ0v) is 8.52. The van der Waals surface area contributed by atoms with Gasteiger partial charge in [-0.1, -0.05) is 6.07 Å². The van der Waals surface area contributed by atoms with Gasteiger partial charge in [0.25, 0.3) is 0 Å². The Labute approximate surface area is 89.6 Å². The van der Waals surface area contributed by atoms with Gasteiger partial charge in [-0.05, 0) is 17.7 Å². The van der Waals surface area contributed by atoms with E-state index in [9.17, 15) is 0 Å². The van der Waals surface area contributed by atoms with E-state index in [0.29, 0.717) is 0 Å². The number of aromatic nitrogens is 1. The maximum Gasteiger partial charge on any atom is 0.0680 e. The van der Waals surface area contributed by atoms with Crippen LogP contribution in [0.15, 0.2) is 29.5 Å². The molecular weight excluding hydrogens is 207 g/mol. The smallest absolute Gasteiger partial charge is 0.0680 e. The maximum absolute atomic E-state index is 4.21. The van der Waals surface area contributed by atoms with Crippen molar-refractivity contribution >= 4 is 37.1 Å². The number of rotatable bonds is 0. The lowest BCUT2D eigenvalue weighted by molar-refractivity contribution is 1.21. The average Bonchev–Trinajstić information content (AvgIpc) is 2.28. The molecule has 0 bridgehead atoms. The summed E-state index contributed by atoms with van der Waals surface area (Å²) in [7, 11) is 0. The Kier molecular flexibility index (Phi) is 5.35. The average molecular weight is 217 g/mol. The van der Waals surface area contributed by atoms with Crippen molar-refractivity contribution in [1.82, 2.24) is 4.98 Å². The quantitative estimate of drug-likeness (QED) is 0.655. The summed E-state index contributed by atoms with van der Waals surface area (Å²) in [5.74, 6) is 0. The Hall–Kier alpha value is -0.860. The van der Waals surface area contributed by atoms with Gasteiger partial charge < -0.3 is 0 Å².